The number of benzene rings is 2. The van der Waals surface area contributed by atoms with Crippen LogP contribution in [0.3, 0.4) is 0 Å². The number of carbonyl (C=O) groups is 1. The number of aromatic amines is 2. The van der Waals surface area contributed by atoms with Crippen molar-refractivity contribution in [2.75, 3.05) is 15.4 Å². The van der Waals surface area contributed by atoms with Gasteiger partial charge in [-0.05, 0) is 36.4 Å². The number of carbonyl (C=O) groups excluding carboxylic acids is 1. The van der Waals surface area contributed by atoms with E-state index in [1.807, 2.05) is 4.98 Å². The average molecular weight is 436 g/mol. The molecule has 3 aromatic rings. The Hall–Kier alpha value is -3.57. The lowest BCUT2D eigenvalue weighted by atomic mass is 10.3. The van der Waals surface area contributed by atoms with Crippen LogP contribution in [0.2, 0.25) is 5.02 Å². The van der Waals surface area contributed by atoms with Gasteiger partial charge in [0.25, 0.3) is 15.6 Å². The predicted molar refractivity (Wildman–Crippen MR) is 109 cm³/mol. The van der Waals surface area contributed by atoms with Gasteiger partial charge >= 0.3 is 11.7 Å². The Bertz CT molecular complexity index is 1270. The van der Waals surface area contributed by atoms with E-state index in [1.54, 1.807) is 24.3 Å². The van der Waals surface area contributed by atoms with Crippen molar-refractivity contribution in [3.8, 4) is 0 Å². The second-order valence-corrected chi connectivity index (χ2v) is 7.74. The molecule has 0 unspecified atom stereocenters. The predicted octanol–water partition coefficient (Wildman–Crippen LogP) is 2.16. The van der Waals surface area contributed by atoms with Crippen LogP contribution in [0.25, 0.3) is 0 Å². The van der Waals surface area contributed by atoms with E-state index < -0.39 is 32.2 Å². The number of sulfonamides is 1. The number of amides is 2. The third-order valence-electron chi connectivity index (χ3n) is 3.59. The highest BCUT2D eigenvalue weighted by Crippen LogP contribution is 2.21. The first-order valence-electron chi connectivity index (χ1n) is 8.02. The van der Waals surface area contributed by atoms with E-state index in [0.29, 0.717) is 16.4 Å². The van der Waals surface area contributed by atoms with Crippen LogP contribution in [-0.4, -0.2) is 24.4 Å². The second kappa shape index (κ2) is 8.20. The summed E-state index contributed by atoms with van der Waals surface area (Å²) in [5, 5.41) is 5.54. The highest BCUT2D eigenvalue weighted by atomic mass is 35.5. The summed E-state index contributed by atoms with van der Waals surface area (Å²) in [6, 6.07) is 11.9. The van der Waals surface area contributed by atoms with Gasteiger partial charge in [-0.3, -0.25) is 14.5 Å². The Kier molecular flexibility index (Phi) is 5.71. The number of anilines is 3. The molecule has 2 amide bonds. The largest absolute Gasteiger partial charge is 0.325 e. The molecule has 0 aliphatic rings. The molecule has 29 heavy (non-hydrogen) atoms. The fraction of sp³-hybridized carbons (Fsp3) is 0. The number of para-hydroxylation sites is 1. The number of aromatic nitrogens is 2. The normalized spacial score (nSPS) is 10.9. The summed E-state index contributed by atoms with van der Waals surface area (Å²) in [5.74, 6) is 0. The Morgan fingerprint density at radius 2 is 1.59 bits per heavy atom. The van der Waals surface area contributed by atoms with Crippen molar-refractivity contribution in [1.29, 1.82) is 0 Å². The van der Waals surface area contributed by atoms with E-state index in [9.17, 15) is 22.8 Å². The van der Waals surface area contributed by atoms with Crippen LogP contribution >= 0.6 is 11.6 Å². The van der Waals surface area contributed by atoms with E-state index >= 15 is 0 Å². The zero-order chi connectivity index (χ0) is 21.0. The molecule has 0 saturated heterocycles. The Morgan fingerprint density at radius 1 is 0.931 bits per heavy atom. The van der Waals surface area contributed by atoms with Gasteiger partial charge in [-0.25, -0.2) is 18.0 Å². The van der Waals surface area contributed by atoms with Crippen molar-refractivity contribution in [2.45, 2.75) is 4.90 Å². The van der Waals surface area contributed by atoms with E-state index in [1.165, 1.54) is 24.3 Å². The second-order valence-electron chi connectivity index (χ2n) is 5.68. The van der Waals surface area contributed by atoms with Gasteiger partial charge in [0, 0.05) is 17.6 Å². The zero-order valence-electron chi connectivity index (χ0n) is 14.5. The Labute approximate surface area is 169 Å². The zero-order valence-corrected chi connectivity index (χ0v) is 16.1. The summed E-state index contributed by atoms with van der Waals surface area (Å²) in [7, 11) is -4.22. The first-order chi connectivity index (χ1) is 13.7. The van der Waals surface area contributed by atoms with Gasteiger partial charge in [0.2, 0.25) is 0 Å². The lowest BCUT2D eigenvalue weighted by Crippen LogP contribution is -2.29. The van der Waals surface area contributed by atoms with Crippen molar-refractivity contribution in [2.24, 2.45) is 0 Å². The average Bonchev–Trinajstić information content (AvgIpc) is 2.64. The summed E-state index contributed by atoms with van der Waals surface area (Å²) < 4.78 is 26.8. The van der Waals surface area contributed by atoms with Crippen molar-refractivity contribution in [1.82, 2.24) is 9.97 Å². The quantitative estimate of drug-likeness (QED) is 0.415. The molecule has 0 fully saturated rings. The summed E-state index contributed by atoms with van der Waals surface area (Å²) in [6.07, 6.45) is 0.804. The van der Waals surface area contributed by atoms with Gasteiger partial charge in [0.05, 0.1) is 10.7 Å². The van der Waals surface area contributed by atoms with Crippen LogP contribution in [0.1, 0.15) is 0 Å². The molecular weight excluding hydrogens is 422 g/mol. The SMILES string of the molecule is O=C(Nc1ccc(NS(=O)(=O)c2c[nH]c(=O)[nH]c2=O)cc1)Nc1ccccc1Cl. The molecule has 150 valence electrons. The minimum Gasteiger partial charge on any atom is -0.313 e. The molecule has 2 aromatic carbocycles. The molecule has 0 spiro atoms. The van der Waals surface area contributed by atoms with Gasteiger partial charge in [-0.15, -0.1) is 0 Å². The van der Waals surface area contributed by atoms with Crippen molar-refractivity contribution < 1.29 is 13.2 Å². The molecular formula is C17H14ClN5O5S. The maximum absolute atomic E-state index is 12.3. The van der Waals surface area contributed by atoms with Crippen LogP contribution in [-0.2, 0) is 10.0 Å². The molecule has 0 radical (unpaired) electrons. The highest BCUT2D eigenvalue weighted by Gasteiger charge is 2.19. The van der Waals surface area contributed by atoms with Crippen molar-refractivity contribution >= 4 is 44.7 Å². The van der Waals surface area contributed by atoms with Crippen molar-refractivity contribution in [3.63, 3.8) is 0 Å². The van der Waals surface area contributed by atoms with Gasteiger partial charge in [-0.1, -0.05) is 23.7 Å². The molecule has 0 aliphatic heterocycles. The van der Waals surface area contributed by atoms with Crippen LogP contribution < -0.4 is 26.6 Å². The Morgan fingerprint density at radius 3 is 2.24 bits per heavy atom. The maximum atomic E-state index is 12.3. The number of hydrogen-bond acceptors (Lipinski definition) is 5. The maximum Gasteiger partial charge on any atom is 0.325 e. The number of urea groups is 1. The molecule has 0 bridgehead atoms. The van der Waals surface area contributed by atoms with Crippen LogP contribution in [0, 0.1) is 0 Å². The van der Waals surface area contributed by atoms with Gasteiger partial charge in [0.15, 0.2) is 4.90 Å². The molecule has 1 aromatic heterocycles. The van der Waals surface area contributed by atoms with Crippen LogP contribution in [0.15, 0.2) is 69.2 Å². The van der Waals surface area contributed by atoms with Crippen LogP contribution in [0.5, 0.6) is 0 Å². The van der Waals surface area contributed by atoms with Gasteiger partial charge in [0.1, 0.15) is 0 Å². The van der Waals surface area contributed by atoms with E-state index in [4.69, 9.17) is 11.6 Å². The monoisotopic (exact) mass is 435 g/mol. The van der Waals surface area contributed by atoms with Gasteiger partial charge < -0.3 is 15.6 Å². The standard InChI is InChI=1S/C17H14ClN5O5S/c18-12-3-1-2-4-13(12)21-17(26)20-10-5-7-11(8-6-10)23-29(27,28)14-9-19-16(25)22-15(14)24/h1-9,23H,(H2,20,21,26)(H2,19,22,24,25). The first-order valence-corrected chi connectivity index (χ1v) is 9.88. The van der Waals surface area contributed by atoms with E-state index in [0.717, 1.165) is 6.20 Å². The molecule has 5 N–H and O–H groups in total. The molecule has 12 heteroatoms. The third-order valence-corrected chi connectivity index (χ3v) is 5.31. The molecule has 0 aliphatic carbocycles. The number of nitrogens with one attached hydrogen (secondary N) is 5. The van der Waals surface area contributed by atoms with Crippen molar-refractivity contribution in [3.05, 3.63) is 80.6 Å². The molecule has 1 heterocycles. The summed E-state index contributed by atoms with van der Waals surface area (Å²) >= 11 is 5.97. The fourth-order valence-corrected chi connectivity index (χ4v) is 3.52. The summed E-state index contributed by atoms with van der Waals surface area (Å²) in [5.41, 5.74) is -0.899. The number of hydrogen-bond donors (Lipinski definition) is 5. The minimum absolute atomic E-state index is 0.146. The summed E-state index contributed by atoms with van der Waals surface area (Å²) in [4.78, 5) is 38.0. The van der Waals surface area contributed by atoms with E-state index in [2.05, 4.69) is 20.3 Å². The first kappa shape index (κ1) is 20.2. The minimum atomic E-state index is -4.22. The molecule has 10 nitrogen and oxygen atoms in total. The topological polar surface area (TPSA) is 153 Å². The molecule has 0 saturated carbocycles. The van der Waals surface area contributed by atoms with Gasteiger partial charge in [-0.2, -0.15) is 0 Å². The smallest absolute Gasteiger partial charge is 0.313 e. The molecule has 3 rings (SSSR count). The molecule has 0 atom stereocenters. The third kappa shape index (κ3) is 5.03. The van der Waals surface area contributed by atoms with E-state index in [-0.39, 0.29) is 5.69 Å². The number of rotatable bonds is 5. The highest BCUT2D eigenvalue weighted by molar-refractivity contribution is 7.92. The lowest BCUT2D eigenvalue weighted by molar-refractivity contribution is 0.262. The van der Waals surface area contributed by atoms with Crippen LogP contribution in [0.4, 0.5) is 21.9 Å². The fourth-order valence-electron chi connectivity index (χ4n) is 2.28. The number of halogens is 1. The lowest BCUT2D eigenvalue weighted by Gasteiger charge is -2.10. The summed E-state index contributed by atoms with van der Waals surface area (Å²) in [6.45, 7) is 0. The Balaban J connectivity index is 1.68. The number of H-pyrrole nitrogens is 2.